The second kappa shape index (κ2) is 8.35. The topological polar surface area (TPSA) is 44.8 Å². The third-order valence-corrected chi connectivity index (χ3v) is 5.04. The fourth-order valence-corrected chi connectivity index (χ4v) is 3.32. The van der Waals surface area contributed by atoms with E-state index >= 15 is 0 Å². The Morgan fingerprint density at radius 1 is 1.17 bits per heavy atom. The number of benzene rings is 2. The molecule has 4 nitrogen and oxygen atoms in total. The van der Waals surface area contributed by atoms with Crippen LogP contribution in [-0.4, -0.2) is 13.3 Å². The molecule has 2 aromatic carbocycles. The molecule has 0 saturated heterocycles. The van der Waals surface area contributed by atoms with E-state index in [1.54, 1.807) is 0 Å². The van der Waals surface area contributed by atoms with Crippen molar-refractivity contribution in [2.75, 3.05) is 7.11 Å². The highest BCUT2D eigenvalue weighted by atomic mass is 19.4. The van der Waals surface area contributed by atoms with Crippen LogP contribution in [0.25, 0.3) is 0 Å². The van der Waals surface area contributed by atoms with Crippen LogP contribution in [0, 0.1) is 6.92 Å². The zero-order valence-electron chi connectivity index (χ0n) is 16.6. The molecule has 1 aliphatic carbocycles. The number of carbonyl (C=O) groups is 1. The molecule has 29 heavy (non-hydrogen) atoms. The third-order valence-electron chi connectivity index (χ3n) is 5.04. The van der Waals surface area contributed by atoms with Crippen LogP contribution < -0.4 is 9.47 Å². The highest BCUT2D eigenvalue weighted by molar-refractivity contribution is 5.64. The van der Waals surface area contributed by atoms with Crippen LogP contribution in [0.15, 0.2) is 30.3 Å². The molecule has 3 rings (SSSR count). The fraction of sp³-hybridized carbons (Fsp3) is 0.409. The lowest BCUT2D eigenvalue weighted by Crippen LogP contribution is -2.15. The monoisotopic (exact) mass is 408 g/mol. The lowest BCUT2D eigenvalue weighted by molar-refractivity contribution is -0.138. The van der Waals surface area contributed by atoms with Crippen molar-refractivity contribution in [3.63, 3.8) is 0 Å². The van der Waals surface area contributed by atoms with E-state index in [0.717, 1.165) is 43.6 Å². The van der Waals surface area contributed by atoms with Gasteiger partial charge < -0.3 is 14.2 Å². The highest BCUT2D eigenvalue weighted by Crippen LogP contribution is 2.46. The van der Waals surface area contributed by atoms with Gasteiger partial charge in [-0.05, 0) is 67.0 Å². The van der Waals surface area contributed by atoms with Gasteiger partial charge in [-0.2, -0.15) is 13.2 Å². The second-order valence-electron chi connectivity index (χ2n) is 7.07. The van der Waals surface area contributed by atoms with Gasteiger partial charge in [0.15, 0.2) is 0 Å². The summed E-state index contributed by atoms with van der Waals surface area (Å²) in [7, 11) is 1.09. The highest BCUT2D eigenvalue weighted by Gasteiger charge is 2.35. The number of methoxy groups -OCH3 is 1. The third kappa shape index (κ3) is 4.83. The Bertz CT molecular complexity index is 902. The molecule has 0 radical (unpaired) electrons. The van der Waals surface area contributed by atoms with Crippen molar-refractivity contribution < 1.29 is 32.2 Å². The first-order valence-corrected chi connectivity index (χ1v) is 9.45. The molecule has 0 spiro atoms. The van der Waals surface area contributed by atoms with Crippen LogP contribution >= 0.6 is 0 Å². The van der Waals surface area contributed by atoms with Crippen LogP contribution in [-0.2, 0) is 23.9 Å². The summed E-state index contributed by atoms with van der Waals surface area (Å²) in [5.41, 5.74) is 2.09. The number of halogens is 3. The van der Waals surface area contributed by atoms with Crippen molar-refractivity contribution in [1.29, 1.82) is 0 Å². The van der Waals surface area contributed by atoms with Gasteiger partial charge in [-0.25, -0.2) is 4.79 Å². The summed E-state index contributed by atoms with van der Waals surface area (Å²) < 4.78 is 55.8. The molecule has 1 fully saturated rings. The number of hydrogen-bond donors (Lipinski definition) is 0. The van der Waals surface area contributed by atoms with Gasteiger partial charge in [-0.15, -0.1) is 0 Å². The van der Waals surface area contributed by atoms with Crippen molar-refractivity contribution in [3.05, 3.63) is 58.1 Å². The minimum atomic E-state index is -4.62. The van der Waals surface area contributed by atoms with Crippen LogP contribution in [0.5, 0.6) is 11.5 Å². The molecule has 0 heterocycles. The summed E-state index contributed by atoms with van der Waals surface area (Å²) in [4.78, 5) is 11.5. The lowest BCUT2D eigenvalue weighted by atomic mass is 9.99. The van der Waals surface area contributed by atoms with E-state index in [9.17, 15) is 18.0 Å². The van der Waals surface area contributed by atoms with E-state index in [1.165, 1.54) is 17.7 Å². The van der Waals surface area contributed by atoms with Crippen LogP contribution in [0.1, 0.15) is 53.5 Å². The molecule has 7 heteroatoms. The summed E-state index contributed by atoms with van der Waals surface area (Å²) in [6, 6.07) is 7.38. The zero-order chi connectivity index (χ0) is 21.2. The van der Waals surface area contributed by atoms with Crippen molar-refractivity contribution in [3.8, 4) is 11.5 Å². The Kier molecular flexibility index (Phi) is 6.05. The van der Waals surface area contributed by atoms with Gasteiger partial charge in [0, 0.05) is 5.56 Å². The molecule has 2 aromatic rings. The minimum Gasteiger partial charge on any atom is -0.488 e. The fourth-order valence-electron chi connectivity index (χ4n) is 3.32. The van der Waals surface area contributed by atoms with E-state index in [0.29, 0.717) is 11.7 Å². The van der Waals surface area contributed by atoms with Gasteiger partial charge >= 0.3 is 12.3 Å². The Labute approximate surface area is 167 Å². The molecular weight excluding hydrogens is 385 g/mol. The summed E-state index contributed by atoms with van der Waals surface area (Å²) in [5.74, 6) is 0.712. The summed E-state index contributed by atoms with van der Waals surface area (Å²) in [6.45, 7) is 3.64. The molecule has 0 atom stereocenters. The van der Waals surface area contributed by atoms with Gasteiger partial charge in [0.2, 0.25) is 0 Å². The van der Waals surface area contributed by atoms with Crippen LogP contribution in [0.3, 0.4) is 0 Å². The predicted molar refractivity (Wildman–Crippen MR) is 101 cm³/mol. The minimum absolute atomic E-state index is 0.235. The largest absolute Gasteiger partial charge is 0.513 e. The average Bonchev–Trinajstić information content (AvgIpc) is 3.51. The van der Waals surface area contributed by atoms with Crippen LogP contribution in [0.4, 0.5) is 18.0 Å². The van der Waals surface area contributed by atoms with E-state index in [2.05, 4.69) is 17.7 Å². The molecule has 0 amide bonds. The number of rotatable bonds is 6. The van der Waals surface area contributed by atoms with Gasteiger partial charge in [0.1, 0.15) is 18.1 Å². The van der Waals surface area contributed by atoms with E-state index < -0.39 is 17.9 Å². The van der Waals surface area contributed by atoms with E-state index in [1.807, 2.05) is 13.0 Å². The molecule has 1 aliphatic rings. The maximum absolute atomic E-state index is 13.5. The average molecular weight is 408 g/mol. The normalized spacial score (nSPS) is 13.9. The first-order chi connectivity index (χ1) is 13.7. The Balaban J connectivity index is 1.96. The molecule has 0 unspecified atom stereocenters. The Morgan fingerprint density at radius 2 is 1.90 bits per heavy atom. The molecule has 0 bridgehead atoms. The van der Waals surface area contributed by atoms with Gasteiger partial charge in [0.05, 0.1) is 12.7 Å². The van der Waals surface area contributed by atoms with Gasteiger partial charge in [-0.3, -0.25) is 0 Å². The first kappa shape index (κ1) is 21.0. The molecular formula is C22H23F3O4. The smallest absolute Gasteiger partial charge is 0.488 e. The van der Waals surface area contributed by atoms with E-state index in [4.69, 9.17) is 9.47 Å². The number of ether oxygens (including phenoxy) is 3. The van der Waals surface area contributed by atoms with Gasteiger partial charge in [0.25, 0.3) is 0 Å². The van der Waals surface area contributed by atoms with Gasteiger partial charge in [-0.1, -0.05) is 19.1 Å². The molecule has 0 N–H and O–H groups in total. The maximum atomic E-state index is 13.5. The summed E-state index contributed by atoms with van der Waals surface area (Å²) in [6.07, 6.45) is -2.75. The number of alkyl halides is 3. The van der Waals surface area contributed by atoms with Crippen molar-refractivity contribution >= 4 is 6.16 Å². The number of hydrogen-bond acceptors (Lipinski definition) is 4. The number of aryl methyl sites for hydroxylation is 2. The Hall–Kier alpha value is -2.70. The summed E-state index contributed by atoms with van der Waals surface area (Å²) in [5, 5.41) is 0. The Morgan fingerprint density at radius 3 is 2.48 bits per heavy atom. The van der Waals surface area contributed by atoms with E-state index in [-0.39, 0.29) is 17.9 Å². The molecule has 1 saturated carbocycles. The number of carbonyl (C=O) groups excluding carboxylic acids is 1. The SMILES string of the molecule is CCc1cc(C2CC2)c(OCc2c(OC(=O)OC)cccc2C(F)(F)F)cc1C. The van der Waals surface area contributed by atoms with Crippen LogP contribution in [0.2, 0.25) is 0 Å². The molecule has 156 valence electrons. The van der Waals surface area contributed by atoms with Crippen molar-refractivity contribution in [2.45, 2.75) is 51.8 Å². The predicted octanol–water partition coefficient (Wildman–Crippen LogP) is 6.18. The lowest BCUT2D eigenvalue weighted by Gasteiger charge is -2.19. The maximum Gasteiger partial charge on any atom is 0.513 e. The first-order valence-electron chi connectivity index (χ1n) is 9.45. The molecule has 0 aromatic heterocycles. The zero-order valence-corrected chi connectivity index (χ0v) is 16.6. The molecule has 0 aliphatic heterocycles. The van der Waals surface area contributed by atoms with Crippen molar-refractivity contribution in [1.82, 2.24) is 0 Å². The quantitative estimate of drug-likeness (QED) is 0.423. The second-order valence-corrected chi connectivity index (χ2v) is 7.07. The standard InChI is InChI=1S/C22H23F3O4/c1-4-14-11-16(15-8-9-15)20(10-13(14)2)28-12-17-18(22(23,24)25)6-5-7-19(17)29-21(26)27-3/h5-7,10-11,15H,4,8-9,12H2,1-3H3. The van der Waals surface area contributed by atoms with Crippen molar-refractivity contribution in [2.24, 2.45) is 0 Å². The summed E-state index contributed by atoms with van der Waals surface area (Å²) >= 11 is 0.